The molecule has 2 N–H and O–H groups in total. The third-order valence-electron chi connectivity index (χ3n) is 4.74. The number of imide groups is 1. The maximum absolute atomic E-state index is 12.5. The van der Waals surface area contributed by atoms with Crippen molar-refractivity contribution in [3.05, 3.63) is 64.7 Å². The fourth-order valence-electron chi connectivity index (χ4n) is 3.30. The molecule has 0 bridgehead atoms. The number of nitrogens with zero attached hydrogens (tertiary/aromatic N) is 1. The minimum atomic E-state index is -0.355. The van der Waals surface area contributed by atoms with Gasteiger partial charge < -0.3 is 15.4 Å². The van der Waals surface area contributed by atoms with Crippen LogP contribution in [0.2, 0.25) is 0 Å². The first-order chi connectivity index (χ1) is 14.0. The molecule has 0 spiro atoms. The molecule has 2 aromatic rings. The highest BCUT2D eigenvalue weighted by molar-refractivity contribution is 6.21. The summed E-state index contributed by atoms with van der Waals surface area (Å²) in [4.78, 5) is 38.3. The normalized spacial score (nSPS) is 12.8. The van der Waals surface area contributed by atoms with Crippen LogP contribution in [-0.4, -0.2) is 49.6 Å². The molecule has 0 saturated carbocycles. The molecule has 1 heterocycles. The van der Waals surface area contributed by atoms with Gasteiger partial charge in [-0.3, -0.25) is 14.5 Å². The predicted molar refractivity (Wildman–Crippen MR) is 110 cm³/mol. The number of anilines is 1. The molecule has 0 atom stereocenters. The number of ether oxygens (including phenoxy) is 1. The van der Waals surface area contributed by atoms with E-state index in [1.54, 1.807) is 25.3 Å². The molecule has 152 valence electrons. The monoisotopic (exact) mass is 395 g/mol. The zero-order valence-electron chi connectivity index (χ0n) is 16.7. The zero-order chi connectivity index (χ0) is 20.8. The van der Waals surface area contributed by atoms with Gasteiger partial charge in [0.1, 0.15) is 0 Å². The fourth-order valence-corrected chi connectivity index (χ4v) is 3.30. The van der Waals surface area contributed by atoms with Gasteiger partial charge in [-0.25, -0.2) is 4.79 Å². The molecule has 0 aromatic heterocycles. The minimum absolute atomic E-state index is 0.308. The lowest BCUT2D eigenvalue weighted by Gasteiger charge is -2.12. The van der Waals surface area contributed by atoms with Crippen molar-refractivity contribution in [3.63, 3.8) is 0 Å². The molecule has 1 aliphatic heterocycles. The summed E-state index contributed by atoms with van der Waals surface area (Å²) in [6.07, 6.45) is 1.30. The van der Waals surface area contributed by atoms with Crippen LogP contribution >= 0.6 is 0 Å². The number of nitrogens with one attached hydrogen (secondary N) is 2. The van der Waals surface area contributed by atoms with Crippen LogP contribution in [0.3, 0.4) is 0 Å². The Morgan fingerprint density at radius 3 is 2.62 bits per heavy atom. The van der Waals surface area contributed by atoms with Gasteiger partial charge in [0, 0.05) is 32.5 Å². The molecule has 0 fully saturated rings. The van der Waals surface area contributed by atoms with Crippen molar-refractivity contribution >= 4 is 23.5 Å². The Balaban J connectivity index is 1.56. The highest BCUT2D eigenvalue weighted by Gasteiger charge is 2.35. The number of aryl methyl sites for hydroxylation is 1. The summed E-state index contributed by atoms with van der Waals surface area (Å²) in [5, 5.41) is 5.52. The zero-order valence-corrected chi connectivity index (χ0v) is 16.7. The van der Waals surface area contributed by atoms with Crippen LogP contribution in [0.15, 0.2) is 42.5 Å². The van der Waals surface area contributed by atoms with Crippen LogP contribution in [0, 0.1) is 6.92 Å². The summed E-state index contributed by atoms with van der Waals surface area (Å²) >= 11 is 0. The molecule has 4 amide bonds. The molecule has 0 unspecified atom stereocenters. The van der Waals surface area contributed by atoms with Gasteiger partial charge in [0.2, 0.25) is 0 Å². The molecule has 1 aliphatic rings. The summed E-state index contributed by atoms with van der Waals surface area (Å²) in [7, 11) is 1.58. The summed E-state index contributed by atoms with van der Waals surface area (Å²) in [6.45, 7) is 3.30. The van der Waals surface area contributed by atoms with Crippen molar-refractivity contribution < 1.29 is 19.1 Å². The van der Waals surface area contributed by atoms with E-state index in [1.807, 2.05) is 25.1 Å². The second-order valence-corrected chi connectivity index (χ2v) is 6.99. The Kier molecular flexibility index (Phi) is 6.61. The Morgan fingerprint density at radius 2 is 1.86 bits per heavy atom. The van der Waals surface area contributed by atoms with E-state index in [9.17, 15) is 14.4 Å². The first-order valence-corrected chi connectivity index (χ1v) is 9.59. The van der Waals surface area contributed by atoms with Gasteiger partial charge in [0.25, 0.3) is 11.8 Å². The van der Waals surface area contributed by atoms with Crippen LogP contribution in [-0.2, 0) is 11.2 Å². The van der Waals surface area contributed by atoms with Crippen LogP contribution in [0.1, 0.15) is 38.3 Å². The maximum atomic E-state index is 12.5. The Labute approximate surface area is 170 Å². The van der Waals surface area contributed by atoms with Crippen molar-refractivity contribution in [2.75, 3.05) is 32.1 Å². The van der Waals surface area contributed by atoms with E-state index in [2.05, 4.69) is 16.7 Å². The molecule has 0 saturated heterocycles. The quantitative estimate of drug-likeness (QED) is 0.531. The summed E-state index contributed by atoms with van der Waals surface area (Å²) in [5.74, 6) is -0.653. The van der Waals surface area contributed by atoms with Crippen molar-refractivity contribution in [2.45, 2.75) is 19.8 Å². The number of carbonyl (C=O) groups excluding carboxylic acids is 3. The Morgan fingerprint density at radius 1 is 1.07 bits per heavy atom. The average Bonchev–Trinajstić information content (AvgIpc) is 2.92. The number of methoxy groups -OCH3 is 1. The maximum Gasteiger partial charge on any atom is 0.319 e. The van der Waals surface area contributed by atoms with E-state index in [4.69, 9.17) is 4.74 Å². The third kappa shape index (κ3) is 5.00. The van der Waals surface area contributed by atoms with Crippen LogP contribution < -0.4 is 10.6 Å². The molecule has 2 aromatic carbocycles. The van der Waals surface area contributed by atoms with Crippen LogP contribution in [0.25, 0.3) is 0 Å². The molecule has 3 rings (SSSR count). The lowest BCUT2D eigenvalue weighted by molar-refractivity contribution is 0.0638. The third-order valence-corrected chi connectivity index (χ3v) is 4.74. The number of hydrogen-bond donors (Lipinski definition) is 2. The van der Waals surface area contributed by atoms with E-state index in [1.165, 1.54) is 10.5 Å². The van der Waals surface area contributed by atoms with Crippen molar-refractivity contribution in [2.24, 2.45) is 0 Å². The number of rotatable bonds is 8. The van der Waals surface area contributed by atoms with E-state index in [0.29, 0.717) is 42.9 Å². The van der Waals surface area contributed by atoms with Gasteiger partial charge in [0.15, 0.2) is 0 Å². The number of amides is 4. The van der Waals surface area contributed by atoms with Crippen molar-refractivity contribution in [1.82, 2.24) is 10.2 Å². The fraction of sp³-hybridized carbons (Fsp3) is 0.318. The van der Waals surface area contributed by atoms with E-state index >= 15 is 0 Å². The lowest BCUT2D eigenvalue weighted by atomic mass is 10.1. The highest BCUT2D eigenvalue weighted by atomic mass is 16.5. The molecule has 29 heavy (non-hydrogen) atoms. The van der Waals surface area contributed by atoms with Gasteiger partial charge in [0.05, 0.1) is 11.1 Å². The standard InChI is InChI=1S/C22H25N3O4/c1-15-5-3-6-16(13-15)9-10-23-22(28)24-17-7-8-18-19(14-17)21(27)25(20(18)26)11-4-12-29-2/h3,5-8,13-14H,4,9-12H2,1-2H3,(H2,23,24,28). The van der Waals surface area contributed by atoms with Gasteiger partial charge in [-0.15, -0.1) is 0 Å². The Bertz CT molecular complexity index is 926. The van der Waals surface area contributed by atoms with Gasteiger partial charge in [-0.05, 0) is 43.5 Å². The van der Waals surface area contributed by atoms with Crippen LogP contribution in [0.4, 0.5) is 10.5 Å². The van der Waals surface area contributed by atoms with Gasteiger partial charge in [-0.1, -0.05) is 29.8 Å². The number of carbonyl (C=O) groups is 3. The molecule has 7 nitrogen and oxygen atoms in total. The van der Waals surface area contributed by atoms with Crippen molar-refractivity contribution in [1.29, 1.82) is 0 Å². The molecular weight excluding hydrogens is 370 g/mol. The number of benzene rings is 2. The highest BCUT2D eigenvalue weighted by Crippen LogP contribution is 2.26. The lowest BCUT2D eigenvalue weighted by Crippen LogP contribution is -2.31. The SMILES string of the molecule is COCCCN1C(=O)c2ccc(NC(=O)NCCc3cccc(C)c3)cc2C1=O. The van der Waals surface area contributed by atoms with Gasteiger partial charge in [-0.2, -0.15) is 0 Å². The first-order valence-electron chi connectivity index (χ1n) is 9.59. The minimum Gasteiger partial charge on any atom is -0.385 e. The topological polar surface area (TPSA) is 87.7 Å². The largest absolute Gasteiger partial charge is 0.385 e. The van der Waals surface area contributed by atoms with Crippen molar-refractivity contribution in [3.8, 4) is 0 Å². The molecule has 0 aliphatic carbocycles. The van der Waals surface area contributed by atoms with E-state index < -0.39 is 0 Å². The Hall–Kier alpha value is -3.19. The molecular formula is C22H25N3O4. The second kappa shape index (κ2) is 9.34. The smallest absolute Gasteiger partial charge is 0.319 e. The second-order valence-electron chi connectivity index (χ2n) is 6.99. The summed E-state index contributed by atoms with van der Waals surface area (Å²) in [5.41, 5.74) is 3.47. The van der Waals surface area contributed by atoms with Gasteiger partial charge >= 0.3 is 6.03 Å². The predicted octanol–water partition coefficient (Wildman–Crippen LogP) is 2.99. The molecule has 7 heteroatoms. The summed E-state index contributed by atoms with van der Waals surface area (Å²) in [6, 6.07) is 12.5. The van der Waals surface area contributed by atoms with Crippen LogP contribution in [0.5, 0.6) is 0 Å². The number of fused-ring (bicyclic) bond motifs is 1. The first kappa shape index (κ1) is 20.5. The summed E-state index contributed by atoms with van der Waals surface area (Å²) < 4.78 is 4.97. The van der Waals surface area contributed by atoms with E-state index in [0.717, 1.165) is 12.0 Å². The van der Waals surface area contributed by atoms with E-state index in [-0.39, 0.29) is 17.8 Å². The number of hydrogen-bond acceptors (Lipinski definition) is 4. The average molecular weight is 395 g/mol. The molecule has 0 radical (unpaired) electrons. The number of urea groups is 1.